The van der Waals surface area contributed by atoms with Crippen LogP contribution in [0.15, 0.2) is 52.1 Å². The zero-order valence-electron chi connectivity index (χ0n) is 14.3. The summed E-state index contributed by atoms with van der Waals surface area (Å²) < 4.78 is 37.7. The van der Waals surface area contributed by atoms with Crippen molar-refractivity contribution in [2.75, 3.05) is 4.72 Å². The van der Waals surface area contributed by atoms with Crippen molar-refractivity contribution >= 4 is 27.3 Å². The van der Waals surface area contributed by atoms with Gasteiger partial charge in [-0.2, -0.15) is 10.5 Å². The molecule has 1 heterocycles. The molecule has 0 radical (unpaired) electrons. The van der Waals surface area contributed by atoms with Crippen molar-refractivity contribution in [2.24, 2.45) is 0 Å². The number of rotatable bonds is 5. The monoisotopic (exact) mass is 414 g/mol. The summed E-state index contributed by atoms with van der Waals surface area (Å²) in [6.45, 7) is 1.59. The molecular formula is C18H11ClN4O4S. The van der Waals surface area contributed by atoms with Crippen molar-refractivity contribution in [3.8, 4) is 23.6 Å². The summed E-state index contributed by atoms with van der Waals surface area (Å²) in [7, 11) is -3.96. The Morgan fingerprint density at radius 3 is 2.50 bits per heavy atom. The maximum Gasteiger partial charge on any atom is 0.262 e. The molecule has 0 bridgehead atoms. The summed E-state index contributed by atoms with van der Waals surface area (Å²) in [6, 6.07) is 12.1. The van der Waals surface area contributed by atoms with Crippen LogP contribution in [0.25, 0.3) is 0 Å². The fraction of sp³-hybridized carbons (Fsp3) is 0.0556. The maximum absolute atomic E-state index is 12.5. The second kappa shape index (κ2) is 7.61. The minimum absolute atomic E-state index is 0.00500. The Hall–Kier alpha value is -3.53. The average Bonchev–Trinajstić information content (AvgIpc) is 3.06. The third kappa shape index (κ3) is 3.91. The van der Waals surface area contributed by atoms with Crippen molar-refractivity contribution in [2.45, 2.75) is 11.8 Å². The van der Waals surface area contributed by atoms with Crippen LogP contribution in [-0.2, 0) is 10.0 Å². The van der Waals surface area contributed by atoms with Crippen LogP contribution in [0.5, 0.6) is 11.5 Å². The molecule has 2 aromatic carbocycles. The summed E-state index contributed by atoms with van der Waals surface area (Å²) in [5.41, 5.74) is 0.865. The van der Waals surface area contributed by atoms with Crippen LogP contribution in [0.3, 0.4) is 0 Å². The Labute approximate surface area is 165 Å². The van der Waals surface area contributed by atoms with E-state index in [-0.39, 0.29) is 32.5 Å². The van der Waals surface area contributed by atoms with E-state index in [0.717, 1.165) is 0 Å². The molecule has 1 N–H and O–H groups in total. The fourth-order valence-corrected chi connectivity index (χ4v) is 3.56. The molecule has 0 aliphatic carbocycles. The number of hydrogen-bond donors (Lipinski definition) is 1. The predicted molar refractivity (Wildman–Crippen MR) is 99.4 cm³/mol. The van der Waals surface area contributed by atoms with Crippen molar-refractivity contribution in [1.29, 1.82) is 10.5 Å². The van der Waals surface area contributed by atoms with E-state index >= 15 is 0 Å². The van der Waals surface area contributed by atoms with Crippen molar-refractivity contribution in [1.82, 2.24) is 5.16 Å². The number of halogens is 1. The topological polar surface area (TPSA) is 129 Å². The quantitative estimate of drug-likeness (QED) is 0.668. The summed E-state index contributed by atoms with van der Waals surface area (Å²) in [5.74, 6) is 0.442. The first kappa shape index (κ1) is 19.2. The summed E-state index contributed by atoms with van der Waals surface area (Å²) in [5, 5.41) is 22.1. The maximum atomic E-state index is 12.5. The van der Waals surface area contributed by atoms with Crippen LogP contribution in [-0.4, -0.2) is 13.6 Å². The normalized spacial score (nSPS) is 10.7. The van der Waals surface area contributed by atoms with E-state index in [1.54, 1.807) is 6.92 Å². The highest BCUT2D eigenvalue weighted by Crippen LogP contribution is 2.30. The zero-order valence-corrected chi connectivity index (χ0v) is 15.9. The van der Waals surface area contributed by atoms with Gasteiger partial charge in [0.2, 0.25) is 0 Å². The third-order valence-corrected chi connectivity index (χ3v) is 5.34. The molecule has 0 unspecified atom stereocenters. The highest BCUT2D eigenvalue weighted by Gasteiger charge is 2.19. The van der Waals surface area contributed by atoms with Gasteiger partial charge in [0.15, 0.2) is 0 Å². The lowest BCUT2D eigenvalue weighted by molar-refractivity contribution is 0.415. The zero-order chi connectivity index (χ0) is 20.3. The summed E-state index contributed by atoms with van der Waals surface area (Å²) in [4.78, 5) is -0.130. The molecule has 0 fully saturated rings. The number of nitriles is 2. The van der Waals surface area contributed by atoms with Crippen LogP contribution < -0.4 is 9.46 Å². The molecule has 1 aromatic heterocycles. The molecule has 0 aliphatic heterocycles. The Morgan fingerprint density at radius 1 is 1.14 bits per heavy atom. The third-order valence-electron chi connectivity index (χ3n) is 3.66. The molecule has 0 atom stereocenters. The molecule has 3 rings (SSSR count). The van der Waals surface area contributed by atoms with E-state index in [0.29, 0.717) is 11.4 Å². The molecule has 0 saturated heterocycles. The Morgan fingerprint density at radius 2 is 1.89 bits per heavy atom. The Kier molecular flexibility index (Phi) is 5.23. The fourth-order valence-electron chi connectivity index (χ4n) is 2.22. The second-order valence-electron chi connectivity index (χ2n) is 5.54. The number of ether oxygens (including phenoxy) is 1. The lowest BCUT2D eigenvalue weighted by Crippen LogP contribution is -2.13. The average molecular weight is 415 g/mol. The molecule has 140 valence electrons. The lowest BCUT2D eigenvalue weighted by Gasteiger charge is -2.11. The number of nitrogens with zero attached hydrogens (tertiary/aromatic N) is 3. The first-order chi connectivity index (χ1) is 13.3. The van der Waals surface area contributed by atoms with Gasteiger partial charge < -0.3 is 9.26 Å². The van der Waals surface area contributed by atoms with Crippen molar-refractivity contribution < 1.29 is 17.7 Å². The van der Waals surface area contributed by atoms with E-state index in [1.807, 2.05) is 12.1 Å². The number of anilines is 1. The van der Waals surface area contributed by atoms with Crippen LogP contribution in [0, 0.1) is 29.6 Å². The van der Waals surface area contributed by atoms with Gasteiger partial charge in [0.05, 0.1) is 21.0 Å². The van der Waals surface area contributed by atoms with E-state index in [1.165, 1.54) is 42.7 Å². The van der Waals surface area contributed by atoms with Crippen LogP contribution in [0.2, 0.25) is 5.02 Å². The van der Waals surface area contributed by atoms with Gasteiger partial charge in [-0.15, -0.1) is 0 Å². The second-order valence-corrected chi connectivity index (χ2v) is 7.63. The molecule has 3 aromatic rings. The Balaban J connectivity index is 1.90. The number of aromatic nitrogens is 1. The summed E-state index contributed by atoms with van der Waals surface area (Å²) >= 11 is 5.97. The van der Waals surface area contributed by atoms with Gasteiger partial charge in [-0.1, -0.05) is 16.8 Å². The number of hydrogen-bond acceptors (Lipinski definition) is 7. The van der Waals surface area contributed by atoms with E-state index in [9.17, 15) is 13.7 Å². The van der Waals surface area contributed by atoms with E-state index in [2.05, 4.69) is 9.88 Å². The number of aryl methyl sites for hydroxylation is 1. The van der Waals surface area contributed by atoms with Gasteiger partial charge in [0.1, 0.15) is 41.3 Å². The molecule has 10 heteroatoms. The minimum Gasteiger partial charge on any atom is -0.456 e. The molecule has 0 spiro atoms. The number of benzene rings is 2. The van der Waals surface area contributed by atoms with E-state index < -0.39 is 10.0 Å². The lowest BCUT2D eigenvalue weighted by atomic mass is 10.2. The van der Waals surface area contributed by atoms with Gasteiger partial charge in [-0.05, 0) is 37.3 Å². The first-order valence-electron chi connectivity index (χ1n) is 7.69. The number of nitrogens with one attached hydrogen (secondary N) is 1. The Bertz CT molecular complexity index is 1240. The van der Waals surface area contributed by atoms with Crippen molar-refractivity contribution in [3.05, 3.63) is 64.5 Å². The molecule has 0 aliphatic rings. The van der Waals surface area contributed by atoms with Gasteiger partial charge in [-0.3, -0.25) is 4.72 Å². The van der Waals surface area contributed by atoms with Gasteiger partial charge in [-0.25, -0.2) is 8.42 Å². The highest BCUT2D eigenvalue weighted by molar-refractivity contribution is 7.92. The van der Waals surface area contributed by atoms with Crippen LogP contribution in [0.1, 0.15) is 16.8 Å². The molecule has 8 nitrogen and oxygen atoms in total. The van der Waals surface area contributed by atoms with Gasteiger partial charge in [0.25, 0.3) is 10.0 Å². The molecule has 0 amide bonds. The van der Waals surface area contributed by atoms with Gasteiger partial charge in [0, 0.05) is 6.07 Å². The highest BCUT2D eigenvalue weighted by atomic mass is 35.5. The molecule has 28 heavy (non-hydrogen) atoms. The number of sulfonamides is 1. The summed E-state index contributed by atoms with van der Waals surface area (Å²) in [6.07, 6.45) is 1.17. The smallest absolute Gasteiger partial charge is 0.262 e. The SMILES string of the molecule is Cc1nocc1NS(=O)(=O)c1ccc(Oc2ccc(C#N)c(Cl)c2)c(C#N)c1. The van der Waals surface area contributed by atoms with Crippen LogP contribution >= 0.6 is 11.6 Å². The van der Waals surface area contributed by atoms with E-state index in [4.69, 9.17) is 26.1 Å². The van der Waals surface area contributed by atoms with Gasteiger partial charge >= 0.3 is 0 Å². The standard InChI is InChI=1S/C18H11ClN4O4S/c1-11-17(10-26-22-11)23-28(24,25)15-4-5-18(13(6-15)9-21)27-14-3-2-12(8-20)16(19)7-14/h2-7,10,23H,1H3. The largest absolute Gasteiger partial charge is 0.456 e. The molecular weight excluding hydrogens is 404 g/mol. The predicted octanol–water partition coefficient (Wildman–Crippen LogP) is 3.97. The minimum atomic E-state index is -3.96. The molecule has 0 saturated carbocycles. The van der Waals surface area contributed by atoms with Crippen LogP contribution in [0.4, 0.5) is 5.69 Å². The van der Waals surface area contributed by atoms with Crippen molar-refractivity contribution in [3.63, 3.8) is 0 Å². The first-order valence-corrected chi connectivity index (χ1v) is 9.55.